The SMILES string of the molecule is CN1CCC[C@H]2CN(I)C[C@H]21. The van der Waals surface area contributed by atoms with E-state index in [1.165, 1.54) is 32.5 Å². The molecule has 2 atom stereocenters. The maximum atomic E-state index is 2.53. The molecule has 0 aromatic carbocycles. The number of hydrogen-bond donors (Lipinski definition) is 0. The van der Waals surface area contributed by atoms with E-state index in [2.05, 4.69) is 37.9 Å². The minimum Gasteiger partial charge on any atom is -0.302 e. The van der Waals surface area contributed by atoms with Crippen LogP contribution in [0.4, 0.5) is 0 Å². The Morgan fingerprint density at radius 3 is 2.91 bits per heavy atom. The van der Waals surface area contributed by atoms with Crippen molar-refractivity contribution in [1.29, 1.82) is 0 Å². The van der Waals surface area contributed by atoms with E-state index in [0.717, 1.165) is 12.0 Å². The smallest absolute Gasteiger partial charge is 0.0269 e. The monoisotopic (exact) mass is 266 g/mol. The number of piperidine rings is 1. The molecule has 2 aliphatic rings. The number of likely N-dealkylation sites (tertiary alicyclic amines) is 1. The van der Waals surface area contributed by atoms with Crippen molar-refractivity contribution in [2.75, 3.05) is 26.7 Å². The molecular formula is C8H15IN2. The Morgan fingerprint density at radius 2 is 2.18 bits per heavy atom. The van der Waals surface area contributed by atoms with Gasteiger partial charge in [-0.2, -0.15) is 0 Å². The largest absolute Gasteiger partial charge is 0.302 e. The van der Waals surface area contributed by atoms with Crippen LogP contribution in [0, 0.1) is 5.92 Å². The second-order valence-corrected chi connectivity index (χ2v) is 5.14. The molecule has 2 saturated heterocycles. The molecule has 64 valence electrons. The van der Waals surface area contributed by atoms with E-state index >= 15 is 0 Å². The van der Waals surface area contributed by atoms with Gasteiger partial charge in [0.15, 0.2) is 0 Å². The van der Waals surface area contributed by atoms with Crippen molar-refractivity contribution in [3.63, 3.8) is 0 Å². The van der Waals surface area contributed by atoms with Gasteiger partial charge in [-0.15, -0.1) is 0 Å². The van der Waals surface area contributed by atoms with Crippen LogP contribution >= 0.6 is 22.9 Å². The van der Waals surface area contributed by atoms with E-state index in [9.17, 15) is 0 Å². The summed E-state index contributed by atoms with van der Waals surface area (Å²) < 4.78 is 2.44. The lowest BCUT2D eigenvalue weighted by molar-refractivity contribution is 0.157. The number of hydrogen-bond acceptors (Lipinski definition) is 2. The van der Waals surface area contributed by atoms with Crippen LogP contribution in [0.2, 0.25) is 0 Å². The fraction of sp³-hybridized carbons (Fsp3) is 1.00. The fourth-order valence-electron chi connectivity index (χ4n) is 2.35. The highest BCUT2D eigenvalue weighted by atomic mass is 127. The summed E-state index contributed by atoms with van der Waals surface area (Å²) in [6, 6.07) is 0.862. The Morgan fingerprint density at radius 1 is 1.36 bits per heavy atom. The van der Waals surface area contributed by atoms with Crippen molar-refractivity contribution >= 4 is 22.9 Å². The first-order valence-electron chi connectivity index (χ1n) is 4.38. The highest BCUT2D eigenvalue weighted by Crippen LogP contribution is 2.30. The van der Waals surface area contributed by atoms with Gasteiger partial charge in [-0.05, 0) is 32.4 Å². The zero-order chi connectivity index (χ0) is 7.84. The molecule has 2 fully saturated rings. The molecule has 0 bridgehead atoms. The van der Waals surface area contributed by atoms with E-state index < -0.39 is 0 Å². The summed E-state index contributed by atoms with van der Waals surface area (Å²) in [4.78, 5) is 2.53. The molecule has 2 rings (SSSR count). The predicted octanol–water partition coefficient (Wildman–Crippen LogP) is 1.36. The number of rotatable bonds is 0. The van der Waals surface area contributed by atoms with E-state index in [0.29, 0.717) is 0 Å². The van der Waals surface area contributed by atoms with Crippen LogP contribution < -0.4 is 0 Å². The molecule has 11 heavy (non-hydrogen) atoms. The molecule has 0 saturated carbocycles. The van der Waals surface area contributed by atoms with Crippen LogP contribution in [0.1, 0.15) is 12.8 Å². The van der Waals surface area contributed by atoms with Crippen LogP contribution in [0.25, 0.3) is 0 Å². The lowest BCUT2D eigenvalue weighted by Gasteiger charge is -2.33. The van der Waals surface area contributed by atoms with E-state index in [1.807, 2.05) is 0 Å². The fourth-order valence-corrected chi connectivity index (χ4v) is 3.26. The third-order valence-electron chi connectivity index (χ3n) is 3.01. The lowest BCUT2D eigenvalue weighted by atomic mass is 9.93. The van der Waals surface area contributed by atoms with Crippen molar-refractivity contribution < 1.29 is 0 Å². The Labute approximate surface area is 82.4 Å². The zero-order valence-electron chi connectivity index (χ0n) is 6.96. The van der Waals surface area contributed by atoms with Gasteiger partial charge < -0.3 is 4.90 Å². The molecule has 0 unspecified atom stereocenters. The highest BCUT2D eigenvalue weighted by Gasteiger charge is 2.36. The maximum Gasteiger partial charge on any atom is 0.0269 e. The highest BCUT2D eigenvalue weighted by molar-refractivity contribution is 14.1. The van der Waals surface area contributed by atoms with E-state index in [4.69, 9.17) is 0 Å². The molecule has 0 N–H and O–H groups in total. The summed E-state index contributed by atoms with van der Waals surface area (Å²) in [6.45, 7) is 3.91. The van der Waals surface area contributed by atoms with Gasteiger partial charge in [0.25, 0.3) is 0 Å². The van der Waals surface area contributed by atoms with Crippen LogP contribution in [0.15, 0.2) is 0 Å². The number of likely N-dealkylation sites (N-methyl/N-ethyl adjacent to an activating group) is 1. The van der Waals surface area contributed by atoms with Gasteiger partial charge in [0.05, 0.1) is 0 Å². The first kappa shape index (κ1) is 8.26. The molecule has 3 heteroatoms. The second kappa shape index (κ2) is 3.18. The van der Waals surface area contributed by atoms with Crippen LogP contribution in [-0.4, -0.2) is 40.7 Å². The summed E-state index contributed by atoms with van der Waals surface area (Å²) in [5, 5.41) is 0. The van der Waals surface area contributed by atoms with Crippen molar-refractivity contribution in [2.24, 2.45) is 5.92 Å². The van der Waals surface area contributed by atoms with Crippen LogP contribution in [0.3, 0.4) is 0 Å². The summed E-state index contributed by atoms with van der Waals surface area (Å²) in [6.07, 6.45) is 2.86. The number of halogens is 1. The van der Waals surface area contributed by atoms with Gasteiger partial charge >= 0.3 is 0 Å². The Kier molecular flexibility index (Phi) is 2.39. The molecule has 2 heterocycles. The van der Waals surface area contributed by atoms with Crippen molar-refractivity contribution in [3.8, 4) is 0 Å². The Bertz CT molecular complexity index is 151. The molecular weight excluding hydrogens is 251 g/mol. The molecule has 0 aromatic rings. The van der Waals surface area contributed by atoms with E-state index in [-0.39, 0.29) is 0 Å². The third kappa shape index (κ3) is 1.55. The third-order valence-corrected chi connectivity index (χ3v) is 3.80. The summed E-state index contributed by atoms with van der Waals surface area (Å²) in [7, 11) is 2.27. The summed E-state index contributed by atoms with van der Waals surface area (Å²) in [5.41, 5.74) is 0. The quantitative estimate of drug-likeness (QED) is 0.482. The summed E-state index contributed by atoms with van der Waals surface area (Å²) >= 11 is 2.45. The standard InChI is InChI=1S/C8H15IN2/c1-10-4-2-3-7-5-11(9)6-8(7)10/h7-8H,2-6H2,1H3/t7-,8+/m0/s1. The zero-order valence-corrected chi connectivity index (χ0v) is 9.12. The average molecular weight is 266 g/mol. The number of nitrogens with zero attached hydrogens (tertiary/aromatic N) is 2. The van der Waals surface area contributed by atoms with Gasteiger partial charge in [0.2, 0.25) is 0 Å². The predicted molar refractivity (Wildman–Crippen MR) is 54.7 cm³/mol. The first-order chi connectivity index (χ1) is 5.27. The van der Waals surface area contributed by atoms with Crippen molar-refractivity contribution in [2.45, 2.75) is 18.9 Å². The molecule has 2 nitrogen and oxygen atoms in total. The van der Waals surface area contributed by atoms with Gasteiger partial charge in [-0.25, -0.2) is 3.11 Å². The molecule has 0 aromatic heterocycles. The minimum absolute atomic E-state index is 0.862. The lowest BCUT2D eigenvalue weighted by Crippen LogP contribution is -2.42. The van der Waals surface area contributed by atoms with Crippen LogP contribution in [-0.2, 0) is 0 Å². The summed E-state index contributed by atoms with van der Waals surface area (Å²) in [5.74, 6) is 0.964. The average Bonchev–Trinajstić information content (AvgIpc) is 2.31. The molecule has 0 amide bonds. The number of fused-ring (bicyclic) bond motifs is 1. The maximum absolute atomic E-state index is 2.53. The minimum atomic E-state index is 0.862. The first-order valence-corrected chi connectivity index (χ1v) is 5.35. The molecule has 0 spiro atoms. The topological polar surface area (TPSA) is 6.48 Å². The molecule has 2 aliphatic heterocycles. The normalized spacial score (nSPS) is 40.9. The van der Waals surface area contributed by atoms with Gasteiger partial charge in [0.1, 0.15) is 0 Å². The molecule has 0 aliphatic carbocycles. The second-order valence-electron chi connectivity index (χ2n) is 3.78. The van der Waals surface area contributed by atoms with Gasteiger partial charge in [-0.1, -0.05) is 0 Å². The Hall–Kier alpha value is 0.650. The van der Waals surface area contributed by atoms with Gasteiger partial charge in [0, 0.05) is 42.0 Å². The Balaban J connectivity index is 2.03. The van der Waals surface area contributed by atoms with Crippen molar-refractivity contribution in [3.05, 3.63) is 0 Å². The van der Waals surface area contributed by atoms with Crippen LogP contribution in [0.5, 0.6) is 0 Å². The van der Waals surface area contributed by atoms with Crippen molar-refractivity contribution in [1.82, 2.24) is 8.01 Å². The van der Waals surface area contributed by atoms with Gasteiger partial charge in [-0.3, -0.25) is 0 Å². The molecule has 0 radical (unpaired) electrons. The van der Waals surface area contributed by atoms with E-state index in [1.54, 1.807) is 0 Å².